The summed E-state index contributed by atoms with van der Waals surface area (Å²) in [4.78, 5) is 12.2. The lowest BCUT2D eigenvalue weighted by Gasteiger charge is -2.17. The Morgan fingerprint density at radius 3 is 2.53 bits per heavy atom. The lowest BCUT2D eigenvalue weighted by Crippen LogP contribution is -2.32. The molecule has 1 saturated carbocycles. The zero-order chi connectivity index (χ0) is 13.7. The van der Waals surface area contributed by atoms with E-state index >= 15 is 0 Å². The summed E-state index contributed by atoms with van der Waals surface area (Å²) in [5, 5.41) is 3.06. The topological polar surface area (TPSA) is 29.1 Å². The number of amides is 1. The average molecular weight is 263 g/mol. The van der Waals surface area contributed by atoms with Crippen molar-refractivity contribution in [2.24, 2.45) is 5.92 Å². The second-order valence-electron chi connectivity index (χ2n) is 5.41. The molecule has 1 amide bonds. The third kappa shape index (κ3) is 3.79. The molecular weight excluding hydrogens is 241 g/mol. The van der Waals surface area contributed by atoms with Crippen LogP contribution in [0, 0.1) is 11.7 Å². The Balaban J connectivity index is 1.92. The first kappa shape index (κ1) is 14.0. The number of rotatable bonds is 5. The Bertz CT molecular complexity index is 409. The molecule has 0 saturated heterocycles. The lowest BCUT2D eigenvalue weighted by molar-refractivity contribution is -0.122. The Hall–Kier alpha value is -1.38. The van der Waals surface area contributed by atoms with Crippen LogP contribution in [-0.4, -0.2) is 12.5 Å². The van der Waals surface area contributed by atoms with Crippen LogP contribution in [0.25, 0.3) is 0 Å². The summed E-state index contributed by atoms with van der Waals surface area (Å²) >= 11 is 0. The minimum atomic E-state index is -0.259. The maximum Gasteiger partial charge on any atom is 0.227 e. The number of hydrogen-bond acceptors (Lipinski definition) is 1. The monoisotopic (exact) mass is 263 g/mol. The van der Waals surface area contributed by atoms with Gasteiger partial charge in [-0.1, -0.05) is 31.9 Å². The van der Waals surface area contributed by atoms with E-state index in [4.69, 9.17) is 0 Å². The Morgan fingerprint density at radius 2 is 1.95 bits per heavy atom. The van der Waals surface area contributed by atoms with Crippen LogP contribution in [-0.2, 0) is 4.79 Å². The minimum Gasteiger partial charge on any atom is -0.355 e. The molecular formula is C16H22FNO. The van der Waals surface area contributed by atoms with E-state index in [1.807, 2.05) is 6.92 Å². The van der Waals surface area contributed by atoms with Crippen molar-refractivity contribution in [2.45, 2.75) is 44.9 Å². The summed E-state index contributed by atoms with van der Waals surface area (Å²) < 4.78 is 12.9. The van der Waals surface area contributed by atoms with E-state index in [2.05, 4.69) is 5.32 Å². The highest BCUT2D eigenvalue weighted by Crippen LogP contribution is 2.25. The molecule has 0 aromatic heterocycles. The molecule has 1 N–H and O–H groups in total. The average Bonchev–Trinajstić information content (AvgIpc) is 2.92. The molecule has 1 aliphatic carbocycles. The van der Waals surface area contributed by atoms with Crippen LogP contribution < -0.4 is 5.32 Å². The summed E-state index contributed by atoms with van der Waals surface area (Å²) in [6, 6.07) is 6.25. The van der Waals surface area contributed by atoms with Crippen molar-refractivity contribution in [1.82, 2.24) is 5.32 Å². The van der Waals surface area contributed by atoms with Gasteiger partial charge < -0.3 is 5.32 Å². The SMILES string of the molecule is CCC(C(=O)NCC1CCCC1)c1ccc(F)cc1. The third-order valence-electron chi connectivity index (χ3n) is 4.04. The highest BCUT2D eigenvalue weighted by molar-refractivity contribution is 5.83. The van der Waals surface area contributed by atoms with E-state index in [1.54, 1.807) is 12.1 Å². The molecule has 0 aliphatic heterocycles. The second kappa shape index (κ2) is 6.69. The standard InChI is InChI=1S/C16H22FNO/c1-2-15(13-7-9-14(17)10-8-13)16(19)18-11-12-5-3-4-6-12/h7-10,12,15H,2-6,11H2,1H3,(H,18,19). The van der Waals surface area contributed by atoms with Gasteiger partial charge in [0.15, 0.2) is 0 Å². The van der Waals surface area contributed by atoms with Gasteiger partial charge in [0.05, 0.1) is 5.92 Å². The van der Waals surface area contributed by atoms with E-state index in [-0.39, 0.29) is 17.6 Å². The van der Waals surface area contributed by atoms with Crippen molar-refractivity contribution in [2.75, 3.05) is 6.54 Å². The summed E-state index contributed by atoms with van der Waals surface area (Å²) in [5.74, 6) is 0.294. The lowest BCUT2D eigenvalue weighted by atomic mass is 9.95. The molecule has 1 unspecified atom stereocenters. The van der Waals surface area contributed by atoms with Gasteiger partial charge in [0.25, 0.3) is 0 Å². The van der Waals surface area contributed by atoms with Gasteiger partial charge in [0.2, 0.25) is 5.91 Å². The van der Waals surface area contributed by atoms with Crippen molar-refractivity contribution < 1.29 is 9.18 Å². The molecule has 3 heteroatoms. The fourth-order valence-corrected chi connectivity index (χ4v) is 2.85. The first-order valence-electron chi connectivity index (χ1n) is 7.24. The molecule has 0 spiro atoms. The molecule has 104 valence electrons. The van der Waals surface area contributed by atoms with Crippen molar-refractivity contribution >= 4 is 5.91 Å². The number of carbonyl (C=O) groups is 1. The normalized spacial score (nSPS) is 17.4. The van der Waals surface area contributed by atoms with Gasteiger partial charge in [-0.25, -0.2) is 4.39 Å². The highest BCUT2D eigenvalue weighted by Gasteiger charge is 2.21. The zero-order valence-corrected chi connectivity index (χ0v) is 11.5. The van der Waals surface area contributed by atoms with Crippen molar-refractivity contribution in [3.8, 4) is 0 Å². The highest BCUT2D eigenvalue weighted by atomic mass is 19.1. The quantitative estimate of drug-likeness (QED) is 0.863. The molecule has 1 atom stereocenters. The van der Waals surface area contributed by atoms with E-state index in [1.165, 1.54) is 37.8 Å². The van der Waals surface area contributed by atoms with Gasteiger partial charge >= 0.3 is 0 Å². The molecule has 1 aromatic carbocycles. The number of benzene rings is 1. The third-order valence-corrected chi connectivity index (χ3v) is 4.04. The van der Waals surface area contributed by atoms with Crippen LogP contribution in [0.15, 0.2) is 24.3 Å². The molecule has 2 rings (SSSR count). The van der Waals surface area contributed by atoms with E-state index in [0.29, 0.717) is 5.92 Å². The second-order valence-corrected chi connectivity index (χ2v) is 5.41. The molecule has 0 radical (unpaired) electrons. The molecule has 0 bridgehead atoms. The van der Waals surface area contributed by atoms with Crippen LogP contribution in [0.2, 0.25) is 0 Å². The number of hydrogen-bond donors (Lipinski definition) is 1. The fourth-order valence-electron chi connectivity index (χ4n) is 2.85. The van der Waals surface area contributed by atoms with Crippen LogP contribution >= 0.6 is 0 Å². The molecule has 2 nitrogen and oxygen atoms in total. The smallest absolute Gasteiger partial charge is 0.227 e. The van der Waals surface area contributed by atoms with Crippen LogP contribution in [0.1, 0.15) is 50.5 Å². The first-order valence-corrected chi connectivity index (χ1v) is 7.24. The first-order chi connectivity index (χ1) is 9.20. The zero-order valence-electron chi connectivity index (χ0n) is 11.5. The molecule has 19 heavy (non-hydrogen) atoms. The van der Waals surface area contributed by atoms with E-state index in [0.717, 1.165) is 18.5 Å². The van der Waals surface area contributed by atoms with Crippen molar-refractivity contribution in [3.05, 3.63) is 35.6 Å². The minimum absolute atomic E-state index is 0.0704. The van der Waals surface area contributed by atoms with Gasteiger partial charge in [-0.3, -0.25) is 4.79 Å². The maximum atomic E-state index is 12.9. The Kier molecular flexibility index (Phi) is 4.94. The van der Waals surface area contributed by atoms with E-state index < -0.39 is 0 Å². The number of nitrogens with one attached hydrogen (secondary N) is 1. The Morgan fingerprint density at radius 1 is 1.32 bits per heavy atom. The van der Waals surface area contributed by atoms with Crippen LogP contribution in [0.4, 0.5) is 4.39 Å². The molecule has 1 fully saturated rings. The summed E-state index contributed by atoms with van der Waals surface area (Å²) in [6.45, 7) is 2.78. The van der Waals surface area contributed by atoms with Gasteiger partial charge in [0, 0.05) is 6.54 Å². The van der Waals surface area contributed by atoms with Gasteiger partial charge in [0.1, 0.15) is 5.82 Å². The molecule has 0 heterocycles. The number of halogens is 1. The van der Waals surface area contributed by atoms with Gasteiger partial charge in [-0.15, -0.1) is 0 Å². The largest absolute Gasteiger partial charge is 0.355 e. The van der Waals surface area contributed by atoms with Crippen LogP contribution in [0.3, 0.4) is 0 Å². The molecule has 1 aliphatic rings. The van der Waals surface area contributed by atoms with Gasteiger partial charge in [-0.2, -0.15) is 0 Å². The molecule has 1 aromatic rings. The number of carbonyl (C=O) groups excluding carboxylic acids is 1. The predicted molar refractivity (Wildman–Crippen MR) is 74.4 cm³/mol. The summed E-state index contributed by atoms with van der Waals surface area (Å²) in [7, 11) is 0. The fraction of sp³-hybridized carbons (Fsp3) is 0.562. The predicted octanol–water partition coefficient (Wildman–Crippen LogP) is 3.63. The summed E-state index contributed by atoms with van der Waals surface area (Å²) in [6.07, 6.45) is 5.77. The maximum absolute atomic E-state index is 12.9. The van der Waals surface area contributed by atoms with Crippen molar-refractivity contribution in [3.63, 3.8) is 0 Å². The van der Waals surface area contributed by atoms with Crippen molar-refractivity contribution in [1.29, 1.82) is 0 Å². The summed E-state index contributed by atoms with van der Waals surface area (Å²) in [5.41, 5.74) is 0.896. The van der Waals surface area contributed by atoms with E-state index in [9.17, 15) is 9.18 Å². The van der Waals surface area contributed by atoms with Crippen LogP contribution in [0.5, 0.6) is 0 Å². The Labute approximate surface area is 114 Å². The van der Waals surface area contributed by atoms with Gasteiger partial charge in [-0.05, 0) is 42.9 Å².